The van der Waals surface area contributed by atoms with E-state index in [-0.39, 0.29) is 18.0 Å². The quantitative estimate of drug-likeness (QED) is 0.718. The number of amides is 1. The van der Waals surface area contributed by atoms with Gasteiger partial charge in [0.25, 0.3) is 5.91 Å². The van der Waals surface area contributed by atoms with Crippen molar-refractivity contribution in [1.29, 1.82) is 0 Å². The highest BCUT2D eigenvalue weighted by molar-refractivity contribution is 6.05. The van der Waals surface area contributed by atoms with Crippen molar-refractivity contribution in [3.05, 3.63) is 101 Å². The van der Waals surface area contributed by atoms with Gasteiger partial charge >= 0.3 is 5.97 Å². The Balaban J connectivity index is 1.60. The van der Waals surface area contributed by atoms with Crippen LogP contribution in [0.1, 0.15) is 37.9 Å². The highest BCUT2D eigenvalue weighted by Gasteiger charge is 2.28. The fraction of sp³-hybridized carbons (Fsp3) is 0.0909. The Morgan fingerprint density at radius 1 is 0.923 bits per heavy atom. The van der Waals surface area contributed by atoms with Crippen molar-refractivity contribution >= 4 is 17.6 Å². The summed E-state index contributed by atoms with van der Waals surface area (Å²) in [6, 6.07) is 24.0. The van der Waals surface area contributed by atoms with E-state index in [1.54, 1.807) is 18.2 Å². The average Bonchev–Trinajstić information content (AvgIpc) is 2.69. The summed E-state index contributed by atoms with van der Waals surface area (Å²) in [5, 5.41) is 2.86. The lowest BCUT2D eigenvalue weighted by molar-refractivity contribution is 0.0252. The SMILES string of the molecule is O=C(Nc1ccccc1)c1ccc2c(c1)C[C@H](c1ccccc1)OC2=O. The van der Waals surface area contributed by atoms with E-state index in [0.29, 0.717) is 17.5 Å². The maximum atomic E-state index is 12.5. The second-order valence-corrected chi connectivity index (χ2v) is 6.20. The second kappa shape index (κ2) is 6.84. The third-order valence-electron chi connectivity index (χ3n) is 4.44. The van der Waals surface area contributed by atoms with Crippen LogP contribution in [0, 0.1) is 0 Å². The molecule has 0 aromatic heterocycles. The van der Waals surface area contributed by atoms with E-state index in [9.17, 15) is 9.59 Å². The third-order valence-corrected chi connectivity index (χ3v) is 4.44. The Morgan fingerprint density at radius 2 is 1.62 bits per heavy atom. The summed E-state index contributed by atoms with van der Waals surface area (Å²) >= 11 is 0. The van der Waals surface area contributed by atoms with Gasteiger partial charge < -0.3 is 10.1 Å². The molecule has 0 fully saturated rings. The maximum absolute atomic E-state index is 12.5. The van der Waals surface area contributed by atoms with Crippen molar-refractivity contribution in [2.45, 2.75) is 12.5 Å². The molecule has 0 saturated heterocycles. The maximum Gasteiger partial charge on any atom is 0.339 e. The van der Waals surface area contributed by atoms with Crippen LogP contribution >= 0.6 is 0 Å². The number of ether oxygens (including phenoxy) is 1. The molecule has 0 unspecified atom stereocenters. The van der Waals surface area contributed by atoms with Gasteiger partial charge in [-0.15, -0.1) is 0 Å². The molecule has 1 amide bonds. The number of hydrogen-bond acceptors (Lipinski definition) is 3. The molecule has 1 heterocycles. The van der Waals surface area contributed by atoms with Crippen LogP contribution < -0.4 is 5.32 Å². The molecule has 0 saturated carbocycles. The number of hydrogen-bond donors (Lipinski definition) is 1. The molecule has 3 aromatic rings. The van der Waals surface area contributed by atoms with Gasteiger partial charge in [0.05, 0.1) is 5.56 Å². The molecule has 128 valence electrons. The summed E-state index contributed by atoms with van der Waals surface area (Å²) in [5.74, 6) is -0.552. The fourth-order valence-corrected chi connectivity index (χ4v) is 3.12. The lowest BCUT2D eigenvalue weighted by atomic mass is 9.93. The molecule has 1 N–H and O–H groups in total. The van der Waals surface area contributed by atoms with E-state index in [1.165, 1.54) is 0 Å². The smallest absolute Gasteiger partial charge is 0.339 e. The minimum Gasteiger partial charge on any atom is -0.454 e. The molecule has 1 aliphatic heterocycles. The summed E-state index contributed by atoms with van der Waals surface area (Å²) in [7, 11) is 0. The van der Waals surface area contributed by atoms with Gasteiger partial charge in [0.15, 0.2) is 0 Å². The topological polar surface area (TPSA) is 55.4 Å². The van der Waals surface area contributed by atoms with Crippen molar-refractivity contribution < 1.29 is 14.3 Å². The molecule has 26 heavy (non-hydrogen) atoms. The van der Waals surface area contributed by atoms with Gasteiger partial charge in [0.2, 0.25) is 0 Å². The molecule has 1 aliphatic rings. The standard InChI is InChI=1S/C22H17NO3/c24-21(23-18-9-5-2-6-10-18)16-11-12-19-17(13-16)14-20(26-22(19)25)15-7-3-1-4-8-15/h1-13,20H,14H2,(H,23,24)/t20-/m1/s1. The number of nitrogens with one attached hydrogen (secondary N) is 1. The molecule has 4 nitrogen and oxygen atoms in total. The highest BCUT2D eigenvalue weighted by atomic mass is 16.5. The van der Waals surface area contributed by atoms with Gasteiger partial charge in [-0.2, -0.15) is 0 Å². The van der Waals surface area contributed by atoms with E-state index in [0.717, 1.165) is 16.8 Å². The zero-order chi connectivity index (χ0) is 17.9. The molecule has 0 radical (unpaired) electrons. The summed E-state index contributed by atoms with van der Waals surface area (Å²) in [5.41, 5.74) is 3.56. The first kappa shape index (κ1) is 16.1. The monoisotopic (exact) mass is 343 g/mol. The number of carbonyl (C=O) groups is 2. The van der Waals surface area contributed by atoms with Gasteiger partial charge in [0, 0.05) is 17.7 Å². The van der Waals surface area contributed by atoms with Gasteiger partial charge in [-0.05, 0) is 41.5 Å². The molecule has 4 heteroatoms. The van der Waals surface area contributed by atoms with Crippen molar-refractivity contribution in [2.24, 2.45) is 0 Å². The number of para-hydroxylation sites is 1. The van der Waals surface area contributed by atoms with Crippen LogP contribution in [0.5, 0.6) is 0 Å². The van der Waals surface area contributed by atoms with Crippen molar-refractivity contribution in [3.63, 3.8) is 0 Å². The van der Waals surface area contributed by atoms with E-state index >= 15 is 0 Å². The van der Waals surface area contributed by atoms with Crippen molar-refractivity contribution in [2.75, 3.05) is 5.32 Å². The fourth-order valence-electron chi connectivity index (χ4n) is 3.12. The Morgan fingerprint density at radius 3 is 2.35 bits per heavy atom. The number of anilines is 1. The van der Waals surface area contributed by atoms with Crippen LogP contribution in [0.15, 0.2) is 78.9 Å². The number of fused-ring (bicyclic) bond motifs is 1. The zero-order valence-electron chi connectivity index (χ0n) is 14.0. The van der Waals surface area contributed by atoms with Crippen LogP contribution in [0.25, 0.3) is 0 Å². The largest absolute Gasteiger partial charge is 0.454 e. The first-order chi connectivity index (χ1) is 12.7. The minimum absolute atomic E-state index is 0.200. The molecule has 0 aliphatic carbocycles. The predicted octanol–water partition coefficient (Wildman–Crippen LogP) is 4.39. The Bertz CT molecular complexity index is 952. The lowest BCUT2D eigenvalue weighted by Gasteiger charge is -2.25. The van der Waals surface area contributed by atoms with E-state index in [2.05, 4.69) is 5.32 Å². The van der Waals surface area contributed by atoms with E-state index < -0.39 is 0 Å². The minimum atomic E-state index is -0.352. The van der Waals surface area contributed by atoms with Gasteiger partial charge in [-0.25, -0.2) is 4.79 Å². The van der Waals surface area contributed by atoms with Gasteiger partial charge in [-0.1, -0.05) is 48.5 Å². The average molecular weight is 343 g/mol. The molecule has 0 bridgehead atoms. The zero-order valence-corrected chi connectivity index (χ0v) is 14.0. The first-order valence-corrected chi connectivity index (χ1v) is 8.46. The van der Waals surface area contributed by atoms with E-state index in [1.807, 2.05) is 60.7 Å². The highest BCUT2D eigenvalue weighted by Crippen LogP contribution is 2.31. The van der Waals surface area contributed by atoms with Gasteiger partial charge in [0.1, 0.15) is 6.10 Å². The number of esters is 1. The first-order valence-electron chi connectivity index (χ1n) is 8.46. The Hall–Kier alpha value is -3.40. The molecule has 0 spiro atoms. The van der Waals surface area contributed by atoms with Crippen LogP contribution in [-0.4, -0.2) is 11.9 Å². The van der Waals surface area contributed by atoms with Crippen LogP contribution in [0.3, 0.4) is 0 Å². The Labute approximate surface area is 151 Å². The summed E-state index contributed by atoms with van der Waals surface area (Å²) in [6.07, 6.45) is 0.223. The van der Waals surface area contributed by atoms with Crippen LogP contribution in [0.4, 0.5) is 5.69 Å². The molecule has 3 aromatic carbocycles. The summed E-state index contributed by atoms with van der Waals surface area (Å²) < 4.78 is 5.56. The van der Waals surface area contributed by atoms with Crippen molar-refractivity contribution in [1.82, 2.24) is 0 Å². The van der Waals surface area contributed by atoms with Gasteiger partial charge in [-0.3, -0.25) is 4.79 Å². The number of rotatable bonds is 3. The van der Waals surface area contributed by atoms with Crippen molar-refractivity contribution in [3.8, 4) is 0 Å². The third kappa shape index (κ3) is 3.22. The number of carbonyl (C=O) groups excluding carboxylic acids is 2. The van der Waals surface area contributed by atoms with E-state index in [4.69, 9.17) is 4.74 Å². The number of benzene rings is 3. The summed E-state index contributed by atoms with van der Waals surface area (Å²) in [4.78, 5) is 24.8. The second-order valence-electron chi connectivity index (χ2n) is 6.20. The molecule has 1 atom stereocenters. The van der Waals surface area contributed by atoms with Crippen LogP contribution in [-0.2, 0) is 11.2 Å². The predicted molar refractivity (Wildman–Crippen MR) is 99.1 cm³/mol. The van der Waals surface area contributed by atoms with Crippen LogP contribution in [0.2, 0.25) is 0 Å². The molecular formula is C22H17NO3. The lowest BCUT2D eigenvalue weighted by Crippen LogP contribution is -2.23. The normalized spacial score (nSPS) is 15.7. The molecule has 4 rings (SSSR count). The Kier molecular flexibility index (Phi) is 4.23. The summed E-state index contributed by atoms with van der Waals surface area (Å²) in [6.45, 7) is 0. The number of cyclic esters (lactones) is 1. The molecular weight excluding hydrogens is 326 g/mol.